The van der Waals surface area contributed by atoms with Gasteiger partial charge in [0, 0.05) is 6.04 Å². The first-order valence-corrected chi connectivity index (χ1v) is 7.33. The molecule has 0 aliphatic heterocycles. The normalized spacial score (nSPS) is 24.6. The SMILES string of the molecule is CNC(c1cccc(OC)c1)C1CCC(C(F)(F)F)CC1. The first kappa shape index (κ1) is 16.1. The fourth-order valence-corrected chi connectivity index (χ4v) is 3.29. The van der Waals surface area contributed by atoms with Gasteiger partial charge in [0.15, 0.2) is 0 Å². The Morgan fingerprint density at radius 2 is 1.86 bits per heavy atom. The highest BCUT2D eigenvalue weighted by Gasteiger charge is 2.42. The molecular formula is C16H22F3NO. The maximum atomic E-state index is 12.7. The molecule has 0 radical (unpaired) electrons. The molecule has 0 spiro atoms. The van der Waals surface area contributed by atoms with E-state index in [1.807, 2.05) is 31.3 Å². The summed E-state index contributed by atoms with van der Waals surface area (Å²) in [6.45, 7) is 0. The van der Waals surface area contributed by atoms with Gasteiger partial charge in [0.2, 0.25) is 0 Å². The van der Waals surface area contributed by atoms with Gasteiger partial charge in [0.25, 0.3) is 0 Å². The summed E-state index contributed by atoms with van der Waals surface area (Å²) >= 11 is 0. The number of rotatable bonds is 4. The van der Waals surface area contributed by atoms with Gasteiger partial charge in [0.1, 0.15) is 5.75 Å². The number of methoxy groups -OCH3 is 1. The number of halogens is 3. The molecule has 1 saturated carbocycles. The maximum Gasteiger partial charge on any atom is 0.391 e. The van der Waals surface area contributed by atoms with E-state index < -0.39 is 12.1 Å². The Labute approximate surface area is 123 Å². The molecule has 1 aliphatic carbocycles. The van der Waals surface area contributed by atoms with Gasteiger partial charge in [-0.1, -0.05) is 12.1 Å². The number of alkyl halides is 3. The van der Waals surface area contributed by atoms with Crippen LogP contribution in [-0.2, 0) is 0 Å². The topological polar surface area (TPSA) is 21.3 Å². The Kier molecular flexibility index (Phi) is 5.14. The third kappa shape index (κ3) is 3.90. The van der Waals surface area contributed by atoms with E-state index in [4.69, 9.17) is 4.74 Å². The molecule has 0 aromatic heterocycles. The van der Waals surface area contributed by atoms with Crippen molar-refractivity contribution in [3.63, 3.8) is 0 Å². The van der Waals surface area contributed by atoms with Gasteiger partial charge in [-0.2, -0.15) is 13.2 Å². The van der Waals surface area contributed by atoms with Crippen LogP contribution in [0.5, 0.6) is 5.75 Å². The van der Waals surface area contributed by atoms with Gasteiger partial charge in [-0.15, -0.1) is 0 Å². The van der Waals surface area contributed by atoms with Gasteiger partial charge in [-0.05, 0) is 56.3 Å². The average Bonchev–Trinajstić information content (AvgIpc) is 2.48. The fraction of sp³-hybridized carbons (Fsp3) is 0.625. The van der Waals surface area contributed by atoms with E-state index in [1.165, 1.54) is 0 Å². The highest BCUT2D eigenvalue weighted by Crippen LogP contribution is 2.43. The van der Waals surface area contributed by atoms with Crippen LogP contribution in [-0.4, -0.2) is 20.3 Å². The van der Waals surface area contributed by atoms with E-state index in [9.17, 15) is 13.2 Å². The number of benzene rings is 1. The lowest BCUT2D eigenvalue weighted by molar-refractivity contribution is -0.184. The lowest BCUT2D eigenvalue weighted by Crippen LogP contribution is -2.33. The van der Waals surface area contributed by atoms with Crippen LogP contribution in [0.15, 0.2) is 24.3 Å². The molecule has 0 heterocycles. The third-order valence-electron chi connectivity index (χ3n) is 4.47. The maximum absolute atomic E-state index is 12.7. The average molecular weight is 301 g/mol. The van der Waals surface area contributed by atoms with Crippen LogP contribution in [0.1, 0.15) is 37.3 Å². The van der Waals surface area contributed by atoms with Crippen LogP contribution in [0.25, 0.3) is 0 Å². The van der Waals surface area contributed by atoms with Gasteiger partial charge >= 0.3 is 6.18 Å². The van der Waals surface area contributed by atoms with Gasteiger partial charge in [-0.25, -0.2) is 0 Å². The molecule has 118 valence electrons. The Bertz CT molecular complexity index is 453. The van der Waals surface area contributed by atoms with Crippen molar-refractivity contribution in [2.45, 2.75) is 37.9 Å². The van der Waals surface area contributed by atoms with Crippen molar-refractivity contribution < 1.29 is 17.9 Å². The van der Waals surface area contributed by atoms with E-state index in [-0.39, 0.29) is 24.8 Å². The van der Waals surface area contributed by atoms with Crippen molar-refractivity contribution in [1.29, 1.82) is 0 Å². The summed E-state index contributed by atoms with van der Waals surface area (Å²) in [6.07, 6.45) is -2.37. The zero-order valence-electron chi connectivity index (χ0n) is 12.4. The minimum atomic E-state index is -4.05. The molecule has 1 fully saturated rings. The Hall–Kier alpha value is -1.23. The highest BCUT2D eigenvalue weighted by molar-refractivity contribution is 5.31. The zero-order chi connectivity index (χ0) is 15.5. The Balaban J connectivity index is 2.06. The molecule has 1 aromatic carbocycles. The van der Waals surface area contributed by atoms with Crippen molar-refractivity contribution in [1.82, 2.24) is 5.32 Å². The molecule has 0 amide bonds. The van der Waals surface area contributed by atoms with Crippen LogP contribution in [0.4, 0.5) is 13.2 Å². The van der Waals surface area contributed by atoms with Crippen LogP contribution in [0.3, 0.4) is 0 Å². The standard InChI is InChI=1S/C16H22F3NO/c1-20-15(12-4-3-5-14(10-12)21-2)11-6-8-13(9-7-11)16(17,18)19/h3-5,10-11,13,15,20H,6-9H2,1-2H3. The molecular weight excluding hydrogens is 279 g/mol. The summed E-state index contributed by atoms with van der Waals surface area (Å²) < 4.78 is 43.4. The van der Waals surface area contributed by atoms with E-state index in [1.54, 1.807) is 7.11 Å². The summed E-state index contributed by atoms with van der Waals surface area (Å²) in [5, 5.41) is 3.26. The van der Waals surface area contributed by atoms with Crippen molar-refractivity contribution in [3.8, 4) is 5.75 Å². The number of nitrogens with one attached hydrogen (secondary N) is 1. The van der Waals surface area contributed by atoms with Crippen molar-refractivity contribution >= 4 is 0 Å². The highest BCUT2D eigenvalue weighted by atomic mass is 19.4. The number of ether oxygens (including phenoxy) is 1. The van der Waals surface area contributed by atoms with Crippen LogP contribution in [0, 0.1) is 11.8 Å². The lowest BCUT2D eigenvalue weighted by atomic mass is 9.76. The molecule has 2 nitrogen and oxygen atoms in total. The molecule has 5 heteroatoms. The minimum Gasteiger partial charge on any atom is -0.497 e. The van der Waals surface area contributed by atoms with Crippen molar-refractivity contribution in [3.05, 3.63) is 29.8 Å². The molecule has 1 N–H and O–H groups in total. The monoisotopic (exact) mass is 301 g/mol. The second kappa shape index (κ2) is 6.69. The molecule has 1 aliphatic rings. The van der Waals surface area contributed by atoms with Crippen molar-refractivity contribution in [2.75, 3.05) is 14.2 Å². The minimum absolute atomic E-state index is 0.0780. The Morgan fingerprint density at radius 1 is 1.19 bits per heavy atom. The van der Waals surface area contributed by atoms with E-state index in [0.717, 1.165) is 11.3 Å². The summed E-state index contributed by atoms with van der Waals surface area (Å²) in [5.74, 6) is -0.117. The first-order valence-electron chi connectivity index (χ1n) is 7.33. The molecule has 1 unspecified atom stereocenters. The van der Waals surface area contributed by atoms with Crippen LogP contribution in [0.2, 0.25) is 0 Å². The summed E-state index contributed by atoms with van der Waals surface area (Å²) in [5.41, 5.74) is 1.08. The second-order valence-corrected chi connectivity index (χ2v) is 5.70. The van der Waals surface area contributed by atoms with Gasteiger partial charge in [-0.3, -0.25) is 0 Å². The predicted octanol–water partition coefficient (Wildman–Crippen LogP) is 4.32. The summed E-state index contributed by atoms with van der Waals surface area (Å²) in [4.78, 5) is 0. The predicted molar refractivity (Wildman–Crippen MR) is 76.3 cm³/mol. The van der Waals surface area contributed by atoms with Gasteiger partial charge < -0.3 is 10.1 Å². The smallest absolute Gasteiger partial charge is 0.391 e. The van der Waals surface area contributed by atoms with Crippen molar-refractivity contribution in [2.24, 2.45) is 11.8 Å². The fourth-order valence-electron chi connectivity index (χ4n) is 3.29. The zero-order valence-corrected chi connectivity index (χ0v) is 12.4. The molecule has 0 saturated heterocycles. The van der Waals surface area contributed by atoms with E-state index in [2.05, 4.69) is 5.32 Å². The molecule has 0 bridgehead atoms. The molecule has 1 aromatic rings. The van der Waals surface area contributed by atoms with Crippen LogP contribution < -0.4 is 10.1 Å². The third-order valence-corrected chi connectivity index (χ3v) is 4.47. The summed E-state index contributed by atoms with van der Waals surface area (Å²) in [7, 11) is 3.47. The molecule has 2 rings (SSSR count). The largest absolute Gasteiger partial charge is 0.497 e. The van der Waals surface area contributed by atoms with Gasteiger partial charge in [0.05, 0.1) is 13.0 Å². The second-order valence-electron chi connectivity index (χ2n) is 5.70. The Morgan fingerprint density at radius 3 is 2.38 bits per heavy atom. The lowest BCUT2D eigenvalue weighted by Gasteiger charge is -2.34. The van der Waals surface area contributed by atoms with Crippen LogP contribution >= 0.6 is 0 Å². The van der Waals surface area contributed by atoms with E-state index >= 15 is 0 Å². The number of hydrogen-bond donors (Lipinski definition) is 1. The molecule has 21 heavy (non-hydrogen) atoms. The quantitative estimate of drug-likeness (QED) is 0.894. The summed E-state index contributed by atoms with van der Waals surface area (Å²) in [6, 6.07) is 7.82. The number of hydrogen-bond acceptors (Lipinski definition) is 2. The molecule has 1 atom stereocenters. The van der Waals surface area contributed by atoms with E-state index in [0.29, 0.717) is 12.8 Å². The first-order chi connectivity index (χ1) is 9.95.